The number of urea groups is 1. The predicted molar refractivity (Wildman–Crippen MR) is 131 cm³/mol. The van der Waals surface area contributed by atoms with E-state index in [1.54, 1.807) is 14.2 Å². The average Bonchev–Trinajstić information content (AvgIpc) is 3.26. The molecule has 3 N–H and O–H groups in total. The Hall–Kier alpha value is -3.31. The number of nitrogens with zero attached hydrogens (tertiary/aromatic N) is 2. The van der Waals surface area contributed by atoms with Gasteiger partial charge in [-0.2, -0.15) is 0 Å². The quantitative estimate of drug-likeness (QED) is 0.293. The van der Waals surface area contributed by atoms with Crippen LogP contribution in [0.15, 0.2) is 46.8 Å². The molecule has 0 aliphatic heterocycles. The fourth-order valence-corrected chi connectivity index (χ4v) is 4.35. The van der Waals surface area contributed by atoms with Crippen molar-refractivity contribution in [3.05, 3.63) is 53.6 Å². The van der Waals surface area contributed by atoms with Crippen LogP contribution in [0.4, 0.5) is 15.6 Å². The minimum absolute atomic E-state index is 0.109. The first-order valence-corrected chi connectivity index (χ1v) is 11.9. The van der Waals surface area contributed by atoms with Crippen LogP contribution in [-0.4, -0.2) is 48.7 Å². The highest BCUT2D eigenvalue weighted by molar-refractivity contribution is 8.01. The molecule has 174 valence electrons. The van der Waals surface area contributed by atoms with Crippen LogP contribution in [0.1, 0.15) is 11.1 Å². The molecule has 33 heavy (non-hydrogen) atoms. The molecule has 1 aromatic heterocycles. The smallest absolute Gasteiger partial charge is 0.325 e. The SMILES string of the molecule is COc1ccc(CCNC(=O)CSc2nnc(NC(=O)Nc3ccc(C)cc3)s2)cc1OC. The lowest BCUT2D eigenvalue weighted by Crippen LogP contribution is -2.27. The highest BCUT2D eigenvalue weighted by atomic mass is 32.2. The molecule has 0 unspecified atom stereocenters. The van der Waals surface area contributed by atoms with Crippen molar-refractivity contribution in [3.63, 3.8) is 0 Å². The molecule has 3 rings (SSSR count). The number of carbonyl (C=O) groups is 2. The summed E-state index contributed by atoms with van der Waals surface area (Å²) in [5.41, 5.74) is 2.82. The van der Waals surface area contributed by atoms with Gasteiger partial charge in [0.2, 0.25) is 11.0 Å². The van der Waals surface area contributed by atoms with Crippen LogP contribution in [0.25, 0.3) is 0 Å². The average molecular weight is 488 g/mol. The molecule has 0 bridgehead atoms. The molecule has 2 aromatic carbocycles. The molecule has 11 heteroatoms. The van der Waals surface area contributed by atoms with E-state index in [-0.39, 0.29) is 11.7 Å². The fourth-order valence-electron chi connectivity index (χ4n) is 2.78. The van der Waals surface area contributed by atoms with Gasteiger partial charge in [0.05, 0.1) is 20.0 Å². The fraction of sp³-hybridized carbons (Fsp3) is 0.273. The minimum Gasteiger partial charge on any atom is -0.493 e. The molecular weight excluding hydrogens is 462 g/mol. The van der Waals surface area contributed by atoms with Gasteiger partial charge < -0.3 is 20.1 Å². The number of carbonyl (C=O) groups excluding carboxylic acids is 2. The van der Waals surface area contributed by atoms with Crippen molar-refractivity contribution in [2.24, 2.45) is 0 Å². The third-order valence-electron chi connectivity index (χ3n) is 4.45. The molecule has 3 amide bonds. The summed E-state index contributed by atoms with van der Waals surface area (Å²) in [6, 6.07) is 12.7. The summed E-state index contributed by atoms with van der Waals surface area (Å²) in [6.45, 7) is 2.47. The third-order valence-corrected chi connectivity index (χ3v) is 6.42. The number of hydrogen-bond donors (Lipinski definition) is 3. The molecule has 0 spiro atoms. The van der Waals surface area contributed by atoms with Crippen molar-refractivity contribution in [2.45, 2.75) is 17.7 Å². The van der Waals surface area contributed by atoms with E-state index in [0.717, 1.165) is 11.1 Å². The number of ether oxygens (including phenoxy) is 2. The zero-order valence-corrected chi connectivity index (χ0v) is 20.1. The first-order valence-electron chi connectivity index (χ1n) is 10.1. The van der Waals surface area contributed by atoms with Crippen molar-refractivity contribution in [1.82, 2.24) is 15.5 Å². The van der Waals surface area contributed by atoms with Crippen LogP contribution in [0.3, 0.4) is 0 Å². The van der Waals surface area contributed by atoms with E-state index in [1.165, 1.54) is 23.1 Å². The molecule has 0 aliphatic carbocycles. The zero-order chi connectivity index (χ0) is 23.6. The van der Waals surface area contributed by atoms with Gasteiger partial charge in [-0.05, 0) is 43.2 Å². The topological polar surface area (TPSA) is 114 Å². The second-order valence-corrected chi connectivity index (χ2v) is 9.10. The number of benzene rings is 2. The molecule has 9 nitrogen and oxygen atoms in total. The van der Waals surface area contributed by atoms with Crippen molar-refractivity contribution >= 4 is 45.9 Å². The number of hydrogen-bond acceptors (Lipinski definition) is 8. The lowest BCUT2D eigenvalue weighted by atomic mass is 10.1. The van der Waals surface area contributed by atoms with Crippen molar-refractivity contribution in [3.8, 4) is 11.5 Å². The maximum Gasteiger partial charge on any atom is 0.325 e. The third kappa shape index (κ3) is 7.65. The largest absolute Gasteiger partial charge is 0.493 e. The van der Waals surface area contributed by atoms with Crippen LogP contribution in [0.2, 0.25) is 0 Å². The Morgan fingerprint density at radius 1 is 1.00 bits per heavy atom. The number of rotatable bonds is 10. The first-order chi connectivity index (χ1) is 16.0. The summed E-state index contributed by atoms with van der Waals surface area (Å²) >= 11 is 2.47. The Morgan fingerprint density at radius 3 is 2.48 bits per heavy atom. The van der Waals surface area contributed by atoms with Gasteiger partial charge in [-0.3, -0.25) is 10.1 Å². The maximum atomic E-state index is 12.1. The van der Waals surface area contributed by atoms with Crippen molar-refractivity contribution in [1.29, 1.82) is 0 Å². The van der Waals surface area contributed by atoms with E-state index in [0.29, 0.717) is 39.6 Å². The van der Waals surface area contributed by atoms with Gasteiger partial charge in [-0.1, -0.05) is 46.9 Å². The van der Waals surface area contributed by atoms with Gasteiger partial charge in [0.15, 0.2) is 15.8 Å². The number of anilines is 2. The number of amides is 3. The first kappa shape index (κ1) is 24.3. The summed E-state index contributed by atoms with van der Waals surface area (Å²) in [7, 11) is 3.18. The molecule has 0 atom stereocenters. The summed E-state index contributed by atoms with van der Waals surface area (Å²) < 4.78 is 11.1. The van der Waals surface area contributed by atoms with Crippen LogP contribution >= 0.6 is 23.1 Å². The molecule has 3 aromatic rings. The molecule has 0 fully saturated rings. The lowest BCUT2D eigenvalue weighted by Gasteiger charge is -2.10. The summed E-state index contributed by atoms with van der Waals surface area (Å²) in [5.74, 6) is 1.42. The number of thioether (sulfide) groups is 1. The Kier molecular flexibility index (Phi) is 8.90. The van der Waals surface area contributed by atoms with Crippen molar-refractivity contribution in [2.75, 3.05) is 37.2 Å². The van der Waals surface area contributed by atoms with Gasteiger partial charge in [-0.25, -0.2) is 4.79 Å². The second kappa shape index (κ2) is 12.1. The van der Waals surface area contributed by atoms with Crippen molar-refractivity contribution < 1.29 is 19.1 Å². The van der Waals surface area contributed by atoms with E-state index in [9.17, 15) is 9.59 Å². The number of aryl methyl sites for hydroxylation is 1. The van der Waals surface area contributed by atoms with E-state index in [1.807, 2.05) is 49.4 Å². The number of aromatic nitrogens is 2. The van der Waals surface area contributed by atoms with E-state index < -0.39 is 6.03 Å². The monoisotopic (exact) mass is 487 g/mol. The summed E-state index contributed by atoms with van der Waals surface area (Å²) in [6.07, 6.45) is 0.666. The van der Waals surface area contributed by atoms with Crippen LogP contribution in [-0.2, 0) is 11.2 Å². The standard InChI is InChI=1S/C22H25N5O4S2/c1-14-4-7-16(8-5-14)24-20(29)25-21-26-27-22(33-21)32-13-19(28)23-11-10-15-6-9-17(30-2)18(12-15)31-3/h4-9,12H,10-11,13H2,1-3H3,(H,23,28)(H2,24,25,26,29). The second-order valence-electron chi connectivity index (χ2n) is 6.90. The molecule has 0 radical (unpaired) electrons. The summed E-state index contributed by atoms with van der Waals surface area (Å²) in [4.78, 5) is 24.2. The van der Waals surface area contributed by atoms with Gasteiger partial charge in [0, 0.05) is 12.2 Å². The highest BCUT2D eigenvalue weighted by Gasteiger charge is 2.11. The summed E-state index contributed by atoms with van der Waals surface area (Å²) in [5, 5.41) is 16.6. The Morgan fingerprint density at radius 2 is 1.76 bits per heavy atom. The Bertz CT molecular complexity index is 1090. The predicted octanol–water partition coefficient (Wildman–Crippen LogP) is 3.96. The van der Waals surface area contributed by atoms with E-state index in [4.69, 9.17) is 9.47 Å². The minimum atomic E-state index is -0.403. The van der Waals surface area contributed by atoms with Gasteiger partial charge >= 0.3 is 6.03 Å². The molecule has 0 aliphatic rings. The van der Waals surface area contributed by atoms with Gasteiger partial charge in [-0.15, -0.1) is 10.2 Å². The van der Waals surface area contributed by atoms with Crippen LogP contribution < -0.4 is 25.4 Å². The van der Waals surface area contributed by atoms with Gasteiger partial charge in [0.1, 0.15) is 0 Å². The maximum absolute atomic E-state index is 12.1. The molecule has 1 heterocycles. The molecule has 0 saturated heterocycles. The Labute approximate surface area is 200 Å². The molecule has 0 saturated carbocycles. The zero-order valence-electron chi connectivity index (χ0n) is 18.5. The lowest BCUT2D eigenvalue weighted by molar-refractivity contribution is -0.118. The van der Waals surface area contributed by atoms with E-state index in [2.05, 4.69) is 26.1 Å². The highest BCUT2D eigenvalue weighted by Crippen LogP contribution is 2.28. The van der Waals surface area contributed by atoms with Crippen LogP contribution in [0, 0.1) is 6.92 Å². The number of nitrogens with one attached hydrogen (secondary N) is 3. The Balaban J connectivity index is 1.38. The van der Waals surface area contributed by atoms with Crippen LogP contribution in [0.5, 0.6) is 11.5 Å². The molecular formula is C22H25N5O4S2. The van der Waals surface area contributed by atoms with Gasteiger partial charge in [0.25, 0.3) is 0 Å². The normalized spacial score (nSPS) is 10.4. The van der Waals surface area contributed by atoms with E-state index >= 15 is 0 Å². The number of methoxy groups -OCH3 is 2.